The Kier molecular flexibility index (Phi) is 7.38. The van der Waals surface area contributed by atoms with E-state index in [1.54, 1.807) is 19.2 Å². The molecule has 0 amide bonds. The van der Waals surface area contributed by atoms with Crippen LogP contribution in [0, 0.1) is 22.9 Å². The van der Waals surface area contributed by atoms with Crippen LogP contribution in [0.3, 0.4) is 0 Å². The van der Waals surface area contributed by atoms with Gasteiger partial charge in [-0.15, -0.1) is 0 Å². The van der Waals surface area contributed by atoms with Gasteiger partial charge >= 0.3 is 12.0 Å². The van der Waals surface area contributed by atoms with Gasteiger partial charge in [0, 0.05) is 11.1 Å². The van der Waals surface area contributed by atoms with Crippen LogP contribution in [0.2, 0.25) is 5.15 Å². The predicted octanol–water partition coefficient (Wildman–Crippen LogP) is 3.84. The predicted molar refractivity (Wildman–Crippen MR) is 107 cm³/mol. The van der Waals surface area contributed by atoms with E-state index in [0.29, 0.717) is 17.4 Å². The van der Waals surface area contributed by atoms with Crippen molar-refractivity contribution in [2.45, 2.75) is 39.7 Å². The van der Waals surface area contributed by atoms with Gasteiger partial charge in [0.05, 0.1) is 23.6 Å². The van der Waals surface area contributed by atoms with Gasteiger partial charge in [-0.05, 0) is 37.5 Å². The monoisotopic (exact) mass is 438 g/mol. The molecule has 1 atom stereocenters. The van der Waals surface area contributed by atoms with Crippen LogP contribution in [0.25, 0.3) is 0 Å². The van der Waals surface area contributed by atoms with E-state index in [4.69, 9.17) is 11.6 Å². The van der Waals surface area contributed by atoms with Crippen molar-refractivity contribution < 1.29 is 23.6 Å². The summed E-state index contributed by atoms with van der Waals surface area (Å²) in [7, 11) is 0. The number of carbonyl (C=O) groups excluding carboxylic acids is 2. The fourth-order valence-electron chi connectivity index (χ4n) is 2.70. The quantitative estimate of drug-likeness (QED) is 0.164. The van der Waals surface area contributed by atoms with E-state index >= 15 is 0 Å². The second-order valence-corrected chi connectivity index (χ2v) is 6.99. The molecule has 0 aliphatic carbocycles. The summed E-state index contributed by atoms with van der Waals surface area (Å²) in [5.41, 5.74) is 1.35. The third-order valence-electron chi connectivity index (χ3n) is 4.15. The summed E-state index contributed by atoms with van der Waals surface area (Å²) in [5.74, 6) is -3.96. The summed E-state index contributed by atoms with van der Waals surface area (Å²) in [6.45, 7) is 6.85. The summed E-state index contributed by atoms with van der Waals surface area (Å²) < 4.78 is 18.7. The van der Waals surface area contributed by atoms with Crippen molar-refractivity contribution in [2.24, 2.45) is 0 Å². The summed E-state index contributed by atoms with van der Waals surface area (Å²) in [6.07, 6.45) is 1.61. The lowest BCUT2D eigenvalue weighted by molar-refractivity contribution is -0.494. The van der Waals surface area contributed by atoms with Crippen molar-refractivity contribution >= 4 is 34.9 Å². The molecule has 0 aromatic carbocycles. The number of halogens is 2. The number of nitrogens with one attached hydrogen (secondary N) is 1. The molecular formula is C19H20ClFN4O5. The zero-order valence-corrected chi connectivity index (χ0v) is 17.5. The van der Waals surface area contributed by atoms with E-state index < -0.39 is 39.3 Å². The van der Waals surface area contributed by atoms with Gasteiger partial charge in [-0.25, -0.2) is 14.2 Å². The van der Waals surface area contributed by atoms with Crippen LogP contribution in [0.1, 0.15) is 48.3 Å². The number of aromatic nitrogens is 2. The molecule has 1 N–H and O–H groups in total. The van der Waals surface area contributed by atoms with E-state index in [9.17, 15) is 24.1 Å². The second kappa shape index (κ2) is 9.57. The molecule has 0 saturated heterocycles. The Balaban J connectivity index is 2.61. The number of aryl methyl sites for hydroxylation is 1. The maximum Gasteiger partial charge on any atom is 0.390 e. The van der Waals surface area contributed by atoms with Gasteiger partial charge < -0.3 is 10.1 Å². The van der Waals surface area contributed by atoms with Gasteiger partial charge in [0.25, 0.3) is 5.78 Å². The van der Waals surface area contributed by atoms with Crippen LogP contribution < -0.4 is 5.32 Å². The fourth-order valence-corrected chi connectivity index (χ4v) is 2.84. The molecule has 1 unspecified atom stereocenters. The first kappa shape index (κ1) is 23.1. The van der Waals surface area contributed by atoms with Gasteiger partial charge in [-0.1, -0.05) is 25.4 Å². The Bertz CT molecular complexity index is 999. The first-order valence-electron chi connectivity index (χ1n) is 9.01. The smallest absolute Gasteiger partial charge is 0.390 e. The molecule has 160 valence electrons. The molecule has 0 bridgehead atoms. The average molecular weight is 439 g/mol. The van der Waals surface area contributed by atoms with E-state index in [2.05, 4.69) is 20.0 Å². The van der Waals surface area contributed by atoms with Crippen molar-refractivity contribution in [2.75, 3.05) is 11.9 Å². The maximum absolute atomic E-state index is 14.1. The molecule has 30 heavy (non-hydrogen) atoms. The lowest BCUT2D eigenvalue weighted by atomic mass is 10.0. The molecule has 0 saturated carbocycles. The first-order valence-corrected chi connectivity index (χ1v) is 9.39. The lowest BCUT2D eigenvalue weighted by Crippen LogP contribution is -2.39. The number of rotatable bonds is 8. The Labute approximate surface area is 176 Å². The molecule has 0 spiro atoms. The molecule has 0 aliphatic rings. The molecular weight excluding hydrogens is 419 g/mol. The van der Waals surface area contributed by atoms with Crippen LogP contribution >= 0.6 is 11.6 Å². The second-order valence-electron chi connectivity index (χ2n) is 6.63. The summed E-state index contributed by atoms with van der Waals surface area (Å²) in [4.78, 5) is 43.2. The molecule has 2 aromatic heterocycles. The largest absolute Gasteiger partial charge is 0.461 e. The highest BCUT2D eigenvalue weighted by atomic mass is 35.5. The number of carbonyl (C=O) groups is 2. The van der Waals surface area contributed by atoms with Crippen molar-refractivity contribution in [3.05, 3.63) is 56.2 Å². The van der Waals surface area contributed by atoms with Gasteiger partial charge in [0.1, 0.15) is 5.82 Å². The number of esters is 1. The molecule has 0 radical (unpaired) electrons. The standard InChI is InChI=1S/C19H20ClFN4O5/c1-5-30-19(27)15(25(28)29)16(26)11-8-12(21)17(20)24-18(11)23-14-10(4)6-7-22-13(14)9(2)3/h6-9,15H,5H2,1-4H3,(H,23,24). The van der Waals surface area contributed by atoms with Crippen LogP contribution in [0.5, 0.6) is 0 Å². The number of pyridine rings is 2. The minimum Gasteiger partial charge on any atom is -0.461 e. The highest BCUT2D eigenvalue weighted by Crippen LogP contribution is 2.31. The molecule has 9 nitrogen and oxygen atoms in total. The zero-order valence-electron chi connectivity index (χ0n) is 16.7. The fraction of sp³-hybridized carbons (Fsp3) is 0.368. The Hall–Kier alpha value is -3.14. The van der Waals surface area contributed by atoms with Gasteiger partial charge in [0.2, 0.25) is 0 Å². The maximum atomic E-state index is 14.1. The summed E-state index contributed by atoms with van der Waals surface area (Å²) in [6, 6.07) is 0.0443. The van der Waals surface area contributed by atoms with E-state index in [1.165, 1.54) is 6.92 Å². The number of ketones is 1. The first-order chi connectivity index (χ1) is 14.1. The third kappa shape index (κ3) is 4.88. The molecule has 2 heterocycles. The Morgan fingerprint density at radius 3 is 2.63 bits per heavy atom. The van der Waals surface area contributed by atoms with Crippen LogP contribution in [0.15, 0.2) is 18.3 Å². The molecule has 11 heteroatoms. The topological polar surface area (TPSA) is 124 Å². The Morgan fingerprint density at radius 1 is 1.40 bits per heavy atom. The number of anilines is 2. The number of ether oxygens (including phenoxy) is 1. The van der Waals surface area contributed by atoms with Crippen molar-refractivity contribution in [3.8, 4) is 0 Å². The number of nitrogens with zero attached hydrogens (tertiary/aromatic N) is 3. The van der Waals surface area contributed by atoms with Crippen LogP contribution in [-0.2, 0) is 9.53 Å². The molecule has 0 fully saturated rings. The number of hydrogen-bond donors (Lipinski definition) is 1. The third-order valence-corrected chi connectivity index (χ3v) is 4.41. The van der Waals surface area contributed by atoms with Gasteiger partial charge in [-0.3, -0.25) is 19.9 Å². The number of nitro groups is 1. The van der Waals surface area contributed by atoms with Gasteiger partial charge in [-0.2, -0.15) is 0 Å². The van der Waals surface area contributed by atoms with Crippen LogP contribution in [0.4, 0.5) is 15.9 Å². The highest BCUT2D eigenvalue weighted by Gasteiger charge is 2.42. The number of hydrogen-bond acceptors (Lipinski definition) is 8. The molecule has 2 aromatic rings. The molecule has 2 rings (SSSR count). The highest BCUT2D eigenvalue weighted by molar-refractivity contribution is 6.30. The summed E-state index contributed by atoms with van der Waals surface area (Å²) >= 11 is 5.77. The number of Topliss-reactive ketones (excluding diaryl/α,β-unsaturated/α-hetero) is 1. The SMILES string of the molecule is CCOC(=O)C(C(=O)c1cc(F)c(Cl)nc1Nc1c(C)ccnc1C(C)C)[N+](=O)[O-]. The lowest BCUT2D eigenvalue weighted by Gasteiger charge is -2.18. The average Bonchev–Trinajstić information content (AvgIpc) is 2.65. The van der Waals surface area contributed by atoms with E-state index in [1.807, 2.05) is 13.8 Å². The normalized spacial score (nSPS) is 11.8. The zero-order chi connectivity index (χ0) is 22.6. The minimum absolute atomic E-state index is 0.0199. The van der Waals surface area contributed by atoms with Crippen molar-refractivity contribution in [3.63, 3.8) is 0 Å². The van der Waals surface area contributed by atoms with E-state index in [0.717, 1.165) is 5.56 Å². The van der Waals surface area contributed by atoms with E-state index in [-0.39, 0.29) is 18.3 Å². The summed E-state index contributed by atoms with van der Waals surface area (Å²) in [5, 5.41) is 13.7. The van der Waals surface area contributed by atoms with Crippen LogP contribution in [-0.4, -0.2) is 39.3 Å². The Morgan fingerprint density at radius 2 is 2.07 bits per heavy atom. The minimum atomic E-state index is -2.37. The molecule has 0 aliphatic heterocycles. The van der Waals surface area contributed by atoms with Gasteiger partial charge in [0.15, 0.2) is 11.0 Å². The van der Waals surface area contributed by atoms with Crippen molar-refractivity contribution in [1.29, 1.82) is 0 Å². The van der Waals surface area contributed by atoms with Crippen molar-refractivity contribution in [1.82, 2.24) is 9.97 Å².